The highest BCUT2D eigenvalue weighted by atomic mass is 32.2. The lowest BCUT2D eigenvalue weighted by atomic mass is 9.99. The Kier molecular flexibility index (Phi) is 6.11. The van der Waals surface area contributed by atoms with Crippen LogP contribution in [0.25, 0.3) is 0 Å². The van der Waals surface area contributed by atoms with Gasteiger partial charge in [-0.05, 0) is 48.6 Å². The average Bonchev–Trinajstić information content (AvgIpc) is 3.34. The van der Waals surface area contributed by atoms with E-state index in [0.717, 1.165) is 23.5 Å². The molecule has 1 amide bonds. The van der Waals surface area contributed by atoms with Gasteiger partial charge in [-0.2, -0.15) is 0 Å². The van der Waals surface area contributed by atoms with Gasteiger partial charge in [-0.25, -0.2) is 8.42 Å². The molecule has 1 atom stereocenters. The fourth-order valence-corrected chi connectivity index (χ4v) is 5.58. The van der Waals surface area contributed by atoms with Crippen LogP contribution in [0.3, 0.4) is 0 Å². The summed E-state index contributed by atoms with van der Waals surface area (Å²) in [5, 5.41) is 6.25. The number of anilines is 2. The van der Waals surface area contributed by atoms with E-state index in [9.17, 15) is 13.2 Å². The Morgan fingerprint density at radius 3 is 2.70 bits per heavy atom. The first kappa shape index (κ1) is 20.9. The van der Waals surface area contributed by atoms with Crippen molar-refractivity contribution in [2.75, 3.05) is 10.0 Å². The second-order valence-electron chi connectivity index (χ2n) is 8.47. The zero-order valence-corrected chi connectivity index (χ0v) is 18.1. The lowest BCUT2D eigenvalue weighted by Crippen LogP contribution is -2.28. The van der Waals surface area contributed by atoms with Crippen molar-refractivity contribution >= 4 is 27.3 Å². The molecule has 0 radical (unpaired) electrons. The molecule has 2 aliphatic rings. The Morgan fingerprint density at radius 1 is 1.13 bits per heavy atom. The Labute approximate surface area is 178 Å². The van der Waals surface area contributed by atoms with E-state index in [1.54, 1.807) is 18.2 Å². The van der Waals surface area contributed by atoms with Gasteiger partial charge in [0.15, 0.2) is 0 Å². The normalized spacial score (nSPS) is 17.6. The number of sulfonamides is 1. The van der Waals surface area contributed by atoms with E-state index < -0.39 is 10.0 Å². The Hall–Kier alpha value is -2.38. The Bertz CT molecular complexity index is 1030. The fraction of sp³-hybridized carbons (Fsp3) is 0.435. The van der Waals surface area contributed by atoms with Crippen molar-refractivity contribution in [3.63, 3.8) is 0 Å². The molecule has 6 nitrogen and oxygen atoms in total. The first-order chi connectivity index (χ1) is 14.4. The van der Waals surface area contributed by atoms with Crippen molar-refractivity contribution in [3.05, 3.63) is 53.6 Å². The molecular formula is C23H29N3O3S. The molecule has 0 unspecified atom stereocenters. The molecular weight excluding hydrogens is 398 g/mol. The summed E-state index contributed by atoms with van der Waals surface area (Å²) in [6, 6.07) is 12.6. The molecule has 2 aromatic rings. The van der Waals surface area contributed by atoms with E-state index in [1.165, 1.54) is 31.7 Å². The lowest BCUT2D eigenvalue weighted by Gasteiger charge is -2.19. The second kappa shape index (κ2) is 8.78. The number of para-hydroxylation sites is 1. The maximum atomic E-state index is 13.0. The molecule has 1 aliphatic heterocycles. The van der Waals surface area contributed by atoms with Crippen LogP contribution in [-0.2, 0) is 27.8 Å². The summed E-state index contributed by atoms with van der Waals surface area (Å²) < 4.78 is 28.6. The van der Waals surface area contributed by atoms with Gasteiger partial charge in [0.05, 0.1) is 17.0 Å². The van der Waals surface area contributed by atoms with Crippen molar-refractivity contribution in [1.29, 1.82) is 0 Å². The molecule has 3 N–H and O–H groups in total. The van der Waals surface area contributed by atoms with Gasteiger partial charge in [-0.3, -0.25) is 9.52 Å². The highest BCUT2D eigenvalue weighted by Gasteiger charge is 2.23. The fourth-order valence-electron chi connectivity index (χ4n) is 4.45. The van der Waals surface area contributed by atoms with Crippen molar-refractivity contribution in [3.8, 4) is 0 Å². The lowest BCUT2D eigenvalue weighted by molar-refractivity contribution is -0.115. The monoisotopic (exact) mass is 427 g/mol. The third-order valence-electron chi connectivity index (χ3n) is 6.08. The van der Waals surface area contributed by atoms with Crippen LogP contribution in [0.1, 0.15) is 50.2 Å². The number of nitrogens with one attached hydrogen (secondary N) is 3. The number of benzene rings is 2. The van der Waals surface area contributed by atoms with Gasteiger partial charge in [0, 0.05) is 18.3 Å². The number of rotatable bonds is 8. The molecule has 0 saturated heterocycles. The minimum Gasteiger partial charge on any atom is -0.325 e. The van der Waals surface area contributed by atoms with Crippen LogP contribution in [-0.4, -0.2) is 20.4 Å². The van der Waals surface area contributed by atoms with Crippen LogP contribution in [0.4, 0.5) is 11.4 Å². The molecule has 0 bridgehead atoms. The standard InChI is InChI=1S/C23H29N3O3S/c1-16(12-17-6-2-3-7-17)24-15-19-8-4-5-9-21(19)26-30(28,29)20-11-10-18-13-23(27)25-22(18)14-20/h4-5,8-11,14,16-17,24,26H,2-3,6-7,12-13,15H2,1H3,(H,25,27)/t16-/m0/s1. The summed E-state index contributed by atoms with van der Waals surface area (Å²) in [6.07, 6.45) is 6.78. The molecule has 0 aromatic heterocycles. The van der Waals surface area contributed by atoms with Crippen LogP contribution < -0.4 is 15.4 Å². The van der Waals surface area contributed by atoms with Gasteiger partial charge in [-0.1, -0.05) is 49.9 Å². The van der Waals surface area contributed by atoms with Crippen molar-refractivity contribution in [2.24, 2.45) is 5.92 Å². The number of hydrogen-bond donors (Lipinski definition) is 3. The molecule has 160 valence electrons. The van der Waals surface area contributed by atoms with E-state index >= 15 is 0 Å². The zero-order chi connectivity index (χ0) is 21.1. The summed E-state index contributed by atoms with van der Waals surface area (Å²) in [6.45, 7) is 2.80. The first-order valence-corrected chi connectivity index (χ1v) is 12.2. The molecule has 1 fully saturated rings. The molecule has 30 heavy (non-hydrogen) atoms. The first-order valence-electron chi connectivity index (χ1n) is 10.7. The minimum atomic E-state index is -3.76. The molecule has 1 saturated carbocycles. The van der Waals surface area contributed by atoms with Crippen molar-refractivity contribution < 1.29 is 13.2 Å². The van der Waals surface area contributed by atoms with Crippen LogP contribution in [0, 0.1) is 5.92 Å². The predicted octanol–water partition coefficient (Wildman–Crippen LogP) is 4.04. The van der Waals surface area contributed by atoms with Crippen molar-refractivity contribution in [2.45, 2.75) is 62.9 Å². The highest BCUT2D eigenvalue weighted by molar-refractivity contribution is 7.92. The molecule has 2 aromatic carbocycles. The Morgan fingerprint density at radius 2 is 1.90 bits per heavy atom. The Balaban J connectivity index is 1.44. The summed E-state index contributed by atoms with van der Waals surface area (Å²) >= 11 is 0. The third kappa shape index (κ3) is 4.84. The van der Waals surface area contributed by atoms with Gasteiger partial charge >= 0.3 is 0 Å². The zero-order valence-electron chi connectivity index (χ0n) is 17.3. The topological polar surface area (TPSA) is 87.3 Å². The van der Waals surface area contributed by atoms with E-state index in [-0.39, 0.29) is 17.2 Å². The average molecular weight is 428 g/mol. The summed E-state index contributed by atoms with van der Waals surface area (Å²) in [7, 11) is -3.76. The maximum absolute atomic E-state index is 13.0. The number of carbonyl (C=O) groups is 1. The van der Waals surface area contributed by atoms with Crippen molar-refractivity contribution in [1.82, 2.24) is 5.32 Å². The van der Waals surface area contributed by atoms with Crippen LogP contribution >= 0.6 is 0 Å². The summed E-state index contributed by atoms with van der Waals surface area (Å²) in [5.41, 5.74) is 2.87. The molecule has 4 rings (SSSR count). The minimum absolute atomic E-state index is 0.115. The van der Waals surface area contributed by atoms with Gasteiger partial charge in [0.2, 0.25) is 5.91 Å². The number of carbonyl (C=O) groups excluding carboxylic acids is 1. The summed E-state index contributed by atoms with van der Waals surface area (Å²) in [5.74, 6) is 0.692. The molecule has 7 heteroatoms. The van der Waals surface area contributed by atoms with Gasteiger partial charge in [0.1, 0.15) is 0 Å². The largest absolute Gasteiger partial charge is 0.325 e. The van der Waals surface area contributed by atoms with Gasteiger partial charge < -0.3 is 10.6 Å². The SMILES string of the molecule is C[C@@H](CC1CCCC1)NCc1ccccc1NS(=O)(=O)c1ccc2c(c1)NC(=O)C2. The van der Waals surface area contributed by atoms with Crippen LogP contribution in [0.5, 0.6) is 0 Å². The van der Waals surface area contributed by atoms with Gasteiger partial charge in [0.25, 0.3) is 10.0 Å². The smallest absolute Gasteiger partial charge is 0.261 e. The van der Waals surface area contributed by atoms with E-state index in [2.05, 4.69) is 22.3 Å². The van der Waals surface area contributed by atoms with Crippen LogP contribution in [0.2, 0.25) is 0 Å². The molecule has 0 spiro atoms. The van der Waals surface area contributed by atoms with E-state index in [4.69, 9.17) is 0 Å². The quantitative estimate of drug-likeness (QED) is 0.593. The number of fused-ring (bicyclic) bond motifs is 1. The summed E-state index contributed by atoms with van der Waals surface area (Å²) in [4.78, 5) is 11.7. The predicted molar refractivity (Wildman–Crippen MR) is 119 cm³/mol. The van der Waals surface area contributed by atoms with Gasteiger partial charge in [-0.15, -0.1) is 0 Å². The number of hydrogen-bond acceptors (Lipinski definition) is 4. The van der Waals surface area contributed by atoms with Crippen LogP contribution in [0.15, 0.2) is 47.4 Å². The molecule has 1 aliphatic carbocycles. The van der Waals surface area contributed by atoms with E-state index in [1.807, 2.05) is 18.2 Å². The number of amides is 1. The highest BCUT2D eigenvalue weighted by Crippen LogP contribution is 2.29. The second-order valence-corrected chi connectivity index (χ2v) is 10.2. The third-order valence-corrected chi connectivity index (χ3v) is 7.44. The maximum Gasteiger partial charge on any atom is 0.261 e. The van der Waals surface area contributed by atoms with E-state index in [0.29, 0.717) is 24.0 Å². The molecule has 1 heterocycles.